The van der Waals surface area contributed by atoms with Gasteiger partial charge in [-0.15, -0.1) is 0 Å². The van der Waals surface area contributed by atoms with E-state index in [1.54, 1.807) is 20.4 Å². The number of benzene rings is 1. The molecule has 0 saturated heterocycles. The molecule has 0 unspecified atom stereocenters. The monoisotopic (exact) mass is 302 g/mol. The highest BCUT2D eigenvalue weighted by Crippen LogP contribution is 2.47. The highest BCUT2D eigenvalue weighted by Gasteiger charge is 2.25. The molecule has 2 heterocycles. The van der Waals surface area contributed by atoms with Crippen molar-refractivity contribution in [3.63, 3.8) is 0 Å². The maximum atomic E-state index is 6.00. The summed E-state index contributed by atoms with van der Waals surface area (Å²) in [5, 5.41) is 0. The highest BCUT2D eigenvalue weighted by molar-refractivity contribution is 5.81. The van der Waals surface area contributed by atoms with E-state index in [9.17, 15) is 0 Å². The first-order valence-corrected chi connectivity index (χ1v) is 6.94. The maximum Gasteiger partial charge on any atom is 0.221 e. The largest absolute Gasteiger partial charge is 0.493 e. The molecule has 1 aromatic heterocycles. The lowest BCUT2D eigenvalue weighted by atomic mass is 9.94. The Morgan fingerprint density at radius 2 is 2.00 bits per heavy atom. The van der Waals surface area contributed by atoms with Crippen molar-refractivity contribution in [3.8, 4) is 28.4 Å². The fraction of sp³-hybridized carbons (Fsp3) is 0.333. The molecule has 0 bridgehead atoms. The Balaban J connectivity index is 2.27. The fourth-order valence-corrected chi connectivity index (χ4v) is 2.68. The summed E-state index contributed by atoms with van der Waals surface area (Å²) in [5.74, 6) is 2.34. The minimum Gasteiger partial charge on any atom is -0.493 e. The van der Waals surface area contributed by atoms with Crippen molar-refractivity contribution >= 4 is 11.8 Å². The van der Waals surface area contributed by atoms with Gasteiger partial charge in [0, 0.05) is 17.3 Å². The van der Waals surface area contributed by atoms with Crippen molar-refractivity contribution in [1.29, 1.82) is 0 Å². The molecule has 3 rings (SSSR count). The van der Waals surface area contributed by atoms with Crippen LogP contribution >= 0.6 is 0 Å². The van der Waals surface area contributed by atoms with Gasteiger partial charge < -0.3 is 25.7 Å². The lowest BCUT2D eigenvalue weighted by molar-refractivity contribution is 0.262. The van der Waals surface area contributed by atoms with Crippen LogP contribution in [-0.4, -0.2) is 30.8 Å². The molecule has 7 nitrogen and oxygen atoms in total. The molecule has 1 aliphatic heterocycles. The minimum atomic E-state index is 0.145. The van der Waals surface area contributed by atoms with Crippen LogP contribution in [-0.2, 0) is 6.42 Å². The molecule has 1 aromatic carbocycles. The summed E-state index contributed by atoms with van der Waals surface area (Å²) < 4.78 is 16.7. The molecule has 0 fully saturated rings. The van der Waals surface area contributed by atoms with Crippen LogP contribution in [0.4, 0.5) is 11.8 Å². The van der Waals surface area contributed by atoms with Crippen molar-refractivity contribution in [2.45, 2.75) is 12.8 Å². The number of nitrogens with two attached hydrogens (primary N) is 2. The van der Waals surface area contributed by atoms with Crippen LogP contribution in [0.2, 0.25) is 0 Å². The number of fused-ring (bicyclic) bond motifs is 1. The summed E-state index contributed by atoms with van der Waals surface area (Å²) in [4.78, 5) is 8.07. The van der Waals surface area contributed by atoms with Crippen molar-refractivity contribution in [3.05, 3.63) is 17.8 Å². The van der Waals surface area contributed by atoms with Gasteiger partial charge in [0.2, 0.25) is 11.7 Å². The Bertz CT molecular complexity index is 718. The van der Waals surface area contributed by atoms with Gasteiger partial charge >= 0.3 is 0 Å². The van der Waals surface area contributed by atoms with Crippen LogP contribution in [0.1, 0.15) is 12.0 Å². The number of nitrogen functional groups attached to an aromatic ring is 2. The van der Waals surface area contributed by atoms with Crippen LogP contribution in [0.3, 0.4) is 0 Å². The van der Waals surface area contributed by atoms with Crippen molar-refractivity contribution in [2.24, 2.45) is 0 Å². The second kappa shape index (κ2) is 5.59. The summed E-state index contributed by atoms with van der Waals surface area (Å²) in [6.45, 7) is 0.643. The zero-order valence-corrected chi connectivity index (χ0v) is 12.5. The second-order valence-corrected chi connectivity index (χ2v) is 4.95. The third-order valence-electron chi connectivity index (χ3n) is 3.67. The van der Waals surface area contributed by atoms with Crippen LogP contribution in [0, 0.1) is 0 Å². The third-order valence-corrected chi connectivity index (χ3v) is 3.67. The molecule has 0 aliphatic carbocycles. The molecule has 7 heteroatoms. The highest BCUT2D eigenvalue weighted by atomic mass is 16.5. The number of aromatic nitrogens is 2. The van der Waals surface area contributed by atoms with E-state index in [2.05, 4.69) is 9.97 Å². The van der Waals surface area contributed by atoms with Gasteiger partial charge in [0.05, 0.1) is 20.8 Å². The molecule has 4 N–H and O–H groups in total. The number of hydrogen-bond acceptors (Lipinski definition) is 7. The van der Waals surface area contributed by atoms with E-state index in [4.69, 9.17) is 25.7 Å². The second-order valence-electron chi connectivity index (χ2n) is 4.95. The third kappa shape index (κ3) is 2.24. The Hall–Kier alpha value is -2.70. The van der Waals surface area contributed by atoms with E-state index in [0.29, 0.717) is 35.2 Å². The molecule has 0 radical (unpaired) electrons. The SMILES string of the molecule is COc1cc(-c2cnc(N)nc2N)c2c(c1OC)OCCC2. The number of rotatable bonds is 3. The summed E-state index contributed by atoms with van der Waals surface area (Å²) in [5.41, 5.74) is 14.2. The predicted octanol–water partition coefficient (Wildman–Crippen LogP) is 1.65. The molecule has 0 atom stereocenters. The van der Waals surface area contributed by atoms with Gasteiger partial charge in [-0.3, -0.25) is 0 Å². The molecular weight excluding hydrogens is 284 g/mol. The van der Waals surface area contributed by atoms with Crippen LogP contribution in [0.5, 0.6) is 17.2 Å². The first-order chi connectivity index (χ1) is 10.7. The summed E-state index contributed by atoms with van der Waals surface area (Å²) in [6.07, 6.45) is 3.40. The smallest absolute Gasteiger partial charge is 0.221 e. The number of anilines is 2. The summed E-state index contributed by atoms with van der Waals surface area (Å²) in [7, 11) is 3.18. The van der Waals surface area contributed by atoms with Gasteiger partial charge in [0.15, 0.2) is 11.5 Å². The summed E-state index contributed by atoms with van der Waals surface area (Å²) in [6, 6.07) is 1.87. The zero-order chi connectivity index (χ0) is 15.7. The van der Waals surface area contributed by atoms with E-state index >= 15 is 0 Å². The van der Waals surface area contributed by atoms with Gasteiger partial charge in [0.1, 0.15) is 5.82 Å². The van der Waals surface area contributed by atoms with Crippen LogP contribution in [0.15, 0.2) is 12.3 Å². The maximum absolute atomic E-state index is 6.00. The average molecular weight is 302 g/mol. The van der Waals surface area contributed by atoms with E-state index in [0.717, 1.165) is 24.0 Å². The van der Waals surface area contributed by atoms with E-state index in [1.807, 2.05) is 6.07 Å². The van der Waals surface area contributed by atoms with Crippen LogP contribution in [0.25, 0.3) is 11.1 Å². The normalized spacial score (nSPS) is 13.2. The minimum absolute atomic E-state index is 0.145. The van der Waals surface area contributed by atoms with E-state index < -0.39 is 0 Å². The topological polar surface area (TPSA) is 106 Å². The van der Waals surface area contributed by atoms with Gasteiger partial charge in [-0.05, 0) is 24.5 Å². The standard InChI is InChI=1S/C15H18N4O3/c1-20-11-6-9(10-7-18-15(17)19-14(10)16)8-4-3-5-22-12(8)13(11)21-2/h6-7H,3-5H2,1-2H3,(H4,16,17,18,19). The first kappa shape index (κ1) is 14.2. The van der Waals surface area contributed by atoms with Crippen molar-refractivity contribution in [2.75, 3.05) is 32.3 Å². The number of hydrogen-bond donors (Lipinski definition) is 2. The van der Waals surface area contributed by atoms with Gasteiger partial charge in [-0.1, -0.05) is 0 Å². The molecular formula is C15H18N4O3. The Morgan fingerprint density at radius 1 is 1.18 bits per heavy atom. The van der Waals surface area contributed by atoms with Gasteiger partial charge in [-0.25, -0.2) is 4.98 Å². The lowest BCUT2D eigenvalue weighted by Crippen LogP contribution is -2.12. The molecule has 22 heavy (non-hydrogen) atoms. The van der Waals surface area contributed by atoms with Gasteiger partial charge in [0.25, 0.3) is 0 Å². The van der Waals surface area contributed by atoms with Crippen molar-refractivity contribution < 1.29 is 14.2 Å². The molecule has 116 valence electrons. The number of nitrogens with zero attached hydrogens (tertiary/aromatic N) is 2. The summed E-state index contributed by atoms with van der Waals surface area (Å²) >= 11 is 0. The zero-order valence-electron chi connectivity index (χ0n) is 12.5. The number of ether oxygens (including phenoxy) is 3. The fourth-order valence-electron chi connectivity index (χ4n) is 2.68. The molecule has 2 aromatic rings. The van der Waals surface area contributed by atoms with E-state index in [1.165, 1.54) is 0 Å². The molecule has 0 saturated carbocycles. The Morgan fingerprint density at radius 3 is 2.68 bits per heavy atom. The Kier molecular flexibility index (Phi) is 3.62. The van der Waals surface area contributed by atoms with E-state index in [-0.39, 0.29) is 5.95 Å². The Labute approximate surface area is 128 Å². The molecule has 0 spiro atoms. The lowest BCUT2D eigenvalue weighted by Gasteiger charge is -2.24. The average Bonchev–Trinajstić information content (AvgIpc) is 2.53. The first-order valence-electron chi connectivity index (χ1n) is 6.94. The number of methoxy groups -OCH3 is 2. The predicted molar refractivity (Wildman–Crippen MR) is 83.2 cm³/mol. The van der Waals surface area contributed by atoms with Crippen LogP contribution < -0.4 is 25.7 Å². The molecule has 0 amide bonds. The van der Waals surface area contributed by atoms with Crippen molar-refractivity contribution in [1.82, 2.24) is 9.97 Å². The quantitative estimate of drug-likeness (QED) is 0.888. The molecule has 1 aliphatic rings. The van der Waals surface area contributed by atoms with Gasteiger partial charge in [-0.2, -0.15) is 4.98 Å².